The average Bonchev–Trinajstić information content (AvgIpc) is 2.52. The number of hydrogen-bond donors (Lipinski definition) is 0. The highest BCUT2D eigenvalue weighted by molar-refractivity contribution is 9.08. The molecule has 0 aliphatic heterocycles. The van der Waals surface area contributed by atoms with Gasteiger partial charge in [-0.3, -0.25) is 0 Å². The van der Waals surface area contributed by atoms with Gasteiger partial charge < -0.3 is 9.47 Å². The van der Waals surface area contributed by atoms with E-state index in [0.29, 0.717) is 17.6 Å². The zero-order chi connectivity index (χ0) is 14.4. The first-order valence-electron chi connectivity index (χ1n) is 5.97. The van der Waals surface area contributed by atoms with Crippen LogP contribution in [0.5, 0.6) is 11.5 Å². The molecule has 1 aromatic carbocycles. The van der Waals surface area contributed by atoms with Crippen molar-refractivity contribution < 1.29 is 9.47 Å². The van der Waals surface area contributed by atoms with Crippen molar-refractivity contribution in [1.29, 1.82) is 5.26 Å². The number of ether oxygens (including phenoxy) is 2. The minimum atomic E-state index is 0.390. The molecular formula is C15H13BrN2O2. The van der Waals surface area contributed by atoms with Gasteiger partial charge in [0.15, 0.2) is 0 Å². The van der Waals surface area contributed by atoms with E-state index in [1.54, 1.807) is 19.4 Å². The largest absolute Gasteiger partial charge is 0.497 e. The lowest BCUT2D eigenvalue weighted by Gasteiger charge is -2.11. The Labute approximate surface area is 126 Å². The molecule has 5 heteroatoms. The first-order valence-corrected chi connectivity index (χ1v) is 7.09. The van der Waals surface area contributed by atoms with Gasteiger partial charge in [-0.25, -0.2) is 4.98 Å². The molecule has 1 aromatic heterocycles. The molecule has 0 saturated carbocycles. The zero-order valence-electron chi connectivity index (χ0n) is 11.0. The van der Waals surface area contributed by atoms with Crippen LogP contribution in [0.2, 0.25) is 0 Å². The van der Waals surface area contributed by atoms with Gasteiger partial charge in [0.05, 0.1) is 7.11 Å². The van der Waals surface area contributed by atoms with E-state index in [9.17, 15) is 0 Å². The molecule has 0 bridgehead atoms. The standard InChI is InChI=1S/C15H13BrN2O2/c1-19-14-2-3-15(12(7-14)8-16)20-10-11-4-5-18-13(6-11)9-17/h2-7H,8,10H2,1H3. The molecule has 0 atom stereocenters. The molecule has 1 heterocycles. The molecule has 4 nitrogen and oxygen atoms in total. The van der Waals surface area contributed by atoms with Gasteiger partial charge in [0.25, 0.3) is 0 Å². The van der Waals surface area contributed by atoms with Crippen LogP contribution in [0.3, 0.4) is 0 Å². The molecular weight excluding hydrogens is 320 g/mol. The number of nitrogens with zero attached hydrogens (tertiary/aromatic N) is 2. The molecule has 0 amide bonds. The second-order valence-electron chi connectivity index (χ2n) is 4.06. The van der Waals surface area contributed by atoms with Crippen LogP contribution < -0.4 is 9.47 Å². The summed E-state index contributed by atoms with van der Waals surface area (Å²) in [7, 11) is 1.63. The quantitative estimate of drug-likeness (QED) is 0.787. The topological polar surface area (TPSA) is 55.1 Å². The third-order valence-corrected chi connectivity index (χ3v) is 3.35. The van der Waals surface area contributed by atoms with Crippen LogP contribution in [0.15, 0.2) is 36.5 Å². The third kappa shape index (κ3) is 3.49. The lowest BCUT2D eigenvalue weighted by molar-refractivity contribution is 0.303. The van der Waals surface area contributed by atoms with Crippen molar-refractivity contribution in [2.75, 3.05) is 7.11 Å². The van der Waals surface area contributed by atoms with E-state index in [2.05, 4.69) is 20.9 Å². The summed E-state index contributed by atoms with van der Waals surface area (Å²) in [6.07, 6.45) is 1.61. The molecule has 20 heavy (non-hydrogen) atoms. The van der Waals surface area contributed by atoms with E-state index in [-0.39, 0.29) is 0 Å². The molecule has 0 spiro atoms. The van der Waals surface area contributed by atoms with Crippen LogP contribution in [0, 0.1) is 11.3 Å². The van der Waals surface area contributed by atoms with E-state index >= 15 is 0 Å². The van der Waals surface area contributed by atoms with E-state index in [1.807, 2.05) is 30.3 Å². The summed E-state index contributed by atoms with van der Waals surface area (Å²) in [5, 5.41) is 9.49. The smallest absolute Gasteiger partial charge is 0.140 e. The maximum Gasteiger partial charge on any atom is 0.140 e. The van der Waals surface area contributed by atoms with Crippen LogP contribution >= 0.6 is 15.9 Å². The van der Waals surface area contributed by atoms with Crippen molar-refractivity contribution >= 4 is 15.9 Å². The molecule has 102 valence electrons. The fourth-order valence-electron chi connectivity index (χ4n) is 1.71. The number of aromatic nitrogens is 1. The van der Waals surface area contributed by atoms with Crippen LogP contribution in [-0.2, 0) is 11.9 Å². The van der Waals surface area contributed by atoms with Gasteiger partial charge in [-0.15, -0.1) is 0 Å². The zero-order valence-corrected chi connectivity index (χ0v) is 12.6. The Morgan fingerprint density at radius 2 is 2.15 bits per heavy atom. The predicted molar refractivity (Wildman–Crippen MR) is 78.9 cm³/mol. The maximum atomic E-state index is 8.81. The second kappa shape index (κ2) is 6.92. The van der Waals surface area contributed by atoms with E-state index in [4.69, 9.17) is 14.7 Å². The van der Waals surface area contributed by atoms with Gasteiger partial charge in [-0.05, 0) is 35.9 Å². The highest BCUT2D eigenvalue weighted by Gasteiger charge is 2.05. The van der Waals surface area contributed by atoms with Crippen molar-refractivity contribution in [2.24, 2.45) is 0 Å². The fourth-order valence-corrected chi connectivity index (χ4v) is 2.15. The molecule has 0 aliphatic carbocycles. The molecule has 0 fully saturated rings. The summed E-state index contributed by atoms with van der Waals surface area (Å²) in [6.45, 7) is 0.392. The minimum absolute atomic E-state index is 0.390. The van der Waals surface area contributed by atoms with Gasteiger partial charge in [0.1, 0.15) is 29.9 Å². The van der Waals surface area contributed by atoms with Crippen molar-refractivity contribution in [3.05, 3.63) is 53.3 Å². The Hall–Kier alpha value is -2.06. The second-order valence-corrected chi connectivity index (χ2v) is 4.62. The maximum absolute atomic E-state index is 8.81. The van der Waals surface area contributed by atoms with Crippen LogP contribution in [0.4, 0.5) is 0 Å². The van der Waals surface area contributed by atoms with Gasteiger partial charge in [0.2, 0.25) is 0 Å². The monoisotopic (exact) mass is 332 g/mol. The van der Waals surface area contributed by atoms with Crippen molar-refractivity contribution in [3.8, 4) is 17.6 Å². The number of halogens is 1. The van der Waals surface area contributed by atoms with E-state index in [0.717, 1.165) is 22.6 Å². The molecule has 2 rings (SSSR count). The first kappa shape index (κ1) is 14.4. The van der Waals surface area contributed by atoms with Crippen molar-refractivity contribution in [3.63, 3.8) is 0 Å². The number of rotatable bonds is 5. The summed E-state index contributed by atoms with van der Waals surface area (Å²) in [4.78, 5) is 3.93. The summed E-state index contributed by atoms with van der Waals surface area (Å²) in [5.41, 5.74) is 2.31. The van der Waals surface area contributed by atoms with E-state index < -0.39 is 0 Å². The lowest BCUT2D eigenvalue weighted by atomic mass is 10.2. The highest BCUT2D eigenvalue weighted by atomic mass is 79.9. The minimum Gasteiger partial charge on any atom is -0.497 e. The summed E-state index contributed by atoms with van der Waals surface area (Å²) in [5.74, 6) is 1.58. The number of methoxy groups -OCH3 is 1. The Bertz CT molecular complexity index is 638. The average molecular weight is 333 g/mol. The van der Waals surface area contributed by atoms with Crippen LogP contribution in [-0.4, -0.2) is 12.1 Å². The predicted octanol–water partition coefficient (Wildman–Crippen LogP) is 3.44. The highest BCUT2D eigenvalue weighted by Crippen LogP contribution is 2.26. The molecule has 0 saturated heterocycles. The molecule has 0 radical (unpaired) electrons. The van der Waals surface area contributed by atoms with Gasteiger partial charge >= 0.3 is 0 Å². The number of alkyl halides is 1. The van der Waals surface area contributed by atoms with Gasteiger partial charge in [-0.2, -0.15) is 5.26 Å². The normalized spacial score (nSPS) is 9.85. The summed E-state index contributed by atoms with van der Waals surface area (Å²) in [6, 6.07) is 11.2. The number of nitriles is 1. The van der Waals surface area contributed by atoms with E-state index in [1.165, 1.54) is 0 Å². The first-order chi connectivity index (χ1) is 9.76. The number of benzene rings is 1. The van der Waals surface area contributed by atoms with Crippen molar-refractivity contribution in [2.45, 2.75) is 11.9 Å². The molecule has 0 N–H and O–H groups in total. The Morgan fingerprint density at radius 3 is 2.85 bits per heavy atom. The molecule has 0 unspecified atom stereocenters. The Balaban J connectivity index is 2.12. The fraction of sp³-hybridized carbons (Fsp3) is 0.200. The Morgan fingerprint density at radius 1 is 1.30 bits per heavy atom. The number of hydrogen-bond acceptors (Lipinski definition) is 4. The number of pyridine rings is 1. The SMILES string of the molecule is COc1ccc(OCc2ccnc(C#N)c2)c(CBr)c1. The molecule has 2 aromatic rings. The van der Waals surface area contributed by atoms with Gasteiger partial charge in [-0.1, -0.05) is 15.9 Å². The summed E-state index contributed by atoms with van der Waals surface area (Å²) >= 11 is 3.43. The third-order valence-electron chi connectivity index (χ3n) is 2.74. The van der Waals surface area contributed by atoms with Crippen LogP contribution in [0.1, 0.15) is 16.8 Å². The molecule has 0 aliphatic rings. The Kier molecular flexibility index (Phi) is 4.97. The lowest BCUT2D eigenvalue weighted by Crippen LogP contribution is -1.99. The van der Waals surface area contributed by atoms with Crippen molar-refractivity contribution in [1.82, 2.24) is 4.98 Å². The van der Waals surface area contributed by atoms with Gasteiger partial charge in [0, 0.05) is 17.1 Å². The summed E-state index contributed by atoms with van der Waals surface area (Å²) < 4.78 is 11.0. The van der Waals surface area contributed by atoms with Crippen LogP contribution in [0.25, 0.3) is 0 Å².